The maximum absolute atomic E-state index is 6.11. The van der Waals surface area contributed by atoms with Crippen molar-refractivity contribution in [2.75, 3.05) is 11.4 Å². The largest absolute Gasteiger partial charge is 0.368 e. The average Bonchev–Trinajstić information content (AvgIpc) is 3.09. The quantitative estimate of drug-likeness (QED) is 0.870. The molecule has 1 aromatic rings. The molecule has 0 radical (unpaired) electrons. The van der Waals surface area contributed by atoms with Crippen molar-refractivity contribution >= 4 is 17.3 Å². The predicted molar refractivity (Wildman–Crippen MR) is 74.5 cm³/mol. The maximum atomic E-state index is 6.11. The van der Waals surface area contributed by atoms with E-state index in [-0.39, 0.29) is 0 Å². The fourth-order valence-corrected chi connectivity index (χ4v) is 2.37. The summed E-state index contributed by atoms with van der Waals surface area (Å²) in [6, 6.07) is 6.73. The van der Waals surface area contributed by atoms with Crippen molar-refractivity contribution in [2.45, 2.75) is 39.3 Å². The average molecular weight is 253 g/mol. The van der Waals surface area contributed by atoms with Crippen molar-refractivity contribution in [3.8, 4) is 0 Å². The lowest BCUT2D eigenvalue weighted by atomic mass is 10.1. The van der Waals surface area contributed by atoms with Crippen LogP contribution in [-0.2, 0) is 6.54 Å². The van der Waals surface area contributed by atoms with Crippen LogP contribution in [0.25, 0.3) is 0 Å². The van der Waals surface area contributed by atoms with E-state index in [4.69, 9.17) is 17.3 Å². The van der Waals surface area contributed by atoms with Crippen LogP contribution in [0, 0.1) is 5.92 Å². The molecule has 1 aliphatic rings. The Bertz CT molecular complexity index is 386. The molecule has 1 fully saturated rings. The Balaban J connectivity index is 2.30. The van der Waals surface area contributed by atoms with E-state index in [1.54, 1.807) is 0 Å². The van der Waals surface area contributed by atoms with Gasteiger partial charge in [0.1, 0.15) is 0 Å². The van der Waals surface area contributed by atoms with Gasteiger partial charge in [0.25, 0.3) is 0 Å². The number of benzene rings is 1. The van der Waals surface area contributed by atoms with Gasteiger partial charge in [0.15, 0.2) is 0 Å². The minimum absolute atomic E-state index is 0.577. The highest BCUT2D eigenvalue weighted by Crippen LogP contribution is 2.35. The molecular weight excluding hydrogens is 232 g/mol. The minimum Gasteiger partial charge on any atom is -0.368 e. The molecule has 0 atom stereocenters. The van der Waals surface area contributed by atoms with Crippen molar-refractivity contribution in [3.63, 3.8) is 0 Å². The molecule has 0 saturated heterocycles. The summed E-state index contributed by atoms with van der Waals surface area (Å²) in [6.07, 6.45) is 2.59. The molecule has 17 heavy (non-hydrogen) atoms. The Morgan fingerprint density at radius 1 is 1.41 bits per heavy atom. The van der Waals surface area contributed by atoms with Gasteiger partial charge in [0, 0.05) is 29.8 Å². The van der Waals surface area contributed by atoms with Gasteiger partial charge in [0.05, 0.1) is 0 Å². The summed E-state index contributed by atoms with van der Waals surface area (Å²) in [5, 5.41) is 0.798. The van der Waals surface area contributed by atoms with Gasteiger partial charge in [-0.05, 0) is 36.5 Å². The molecule has 94 valence electrons. The number of anilines is 1. The monoisotopic (exact) mass is 252 g/mol. The predicted octanol–water partition coefficient (Wildman–Crippen LogP) is 3.42. The zero-order chi connectivity index (χ0) is 12.4. The third-order valence-corrected chi connectivity index (χ3v) is 3.36. The minimum atomic E-state index is 0.577. The molecule has 1 saturated carbocycles. The van der Waals surface area contributed by atoms with Crippen molar-refractivity contribution < 1.29 is 0 Å². The van der Waals surface area contributed by atoms with Crippen LogP contribution in [0.1, 0.15) is 32.3 Å². The van der Waals surface area contributed by atoms with E-state index in [1.807, 2.05) is 12.1 Å². The SMILES string of the molecule is CC(C)CN(c1cc(Cl)ccc1CN)C1CC1. The lowest BCUT2D eigenvalue weighted by Crippen LogP contribution is -2.31. The Labute approximate surface area is 109 Å². The third kappa shape index (κ3) is 3.14. The van der Waals surface area contributed by atoms with Crippen LogP contribution in [-0.4, -0.2) is 12.6 Å². The first-order chi connectivity index (χ1) is 8.11. The molecule has 0 bridgehead atoms. The van der Waals surface area contributed by atoms with Gasteiger partial charge in [-0.15, -0.1) is 0 Å². The molecule has 0 spiro atoms. The third-order valence-electron chi connectivity index (χ3n) is 3.13. The fraction of sp³-hybridized carbons (Fsp3) is 0.571. The summed E-state index contributed by atoms with van der Waals surface area (Å²) in [7, 11) is 0. The van der Waals surface area contributed by atoms with E-state index in [1.165, 1.54) is 24.1 Å². The molecule has 1 aliphatic carbocycles. The second kappa shape index (κ2) is 5.28. The molecule has 0 aliphatic heterocycles. The zero-order valence-corrected chi connectivity index (χ0v) is 11.4. The Morgan fingerprint density at radius 3 is 2.65 bits per heavy atom. The first-order valence-electron chi connectivity index (χ1n) is 6.37. The van der Waals surface area contributed by atoms with Crippen LogP contribution >= 0.6 is 11.6 Å². The Kier molecular flexibility index (Phi) is 3.95. The highest BCUT2D eigenvalue weighted by Gasteiger charge is 2.30. The Hall–Kier alpha value is -0.730. The van der Waals surface area contributed by atoms with Gasteiger partial charge in [-0.25, -0.2) is 0 Å². The lowest BCUT2D eigenvalue weighted by molar-refractivity contribution is 0.606. The second-order valence-electron chi connectivity index (χ2n) is 5.25. The second-order valence-corrected chi connectivity index (χ2v) is 5.69. The van der Waals surface area contributed by atoms with Gasteiger partial charge in [-0.2, -0.15) is 0 Å². The van der Waals surface area contributed by atoms with Crippen molar-refractivity contribution in [1.82, 2.24) is 0 Å². The van der Waals surface area contributed by atoms with E-state index in [0.29, 0.717) is 18.5 Å². The van der Waals surface area contributed by atoms with Crippen LogP contribution in [0.4, 0.5) is 5.69 Å². The molecule has 2 N–H and O–H groups in total. The molecule has 1 aromatic carbocycles. The maximum Gasteiger partial charge on any atom is 0.0429 e. The van der Waals surface area contributed by atoms with Crippen LogP contribution in [0.5, 0.6) is 0 Å². The number of hydrogen-bond acceptors (Lipinski definition) is 2. The number of rotatable bonds is 5. The normalized spacial score (nSPS) is 15.4. The topological polar surface area (TPSA) is 29.3 Å². The zero-order valence-electron chi connectivity index (χ0n) is 10.6. The van der Waals surface area contributed by atoms with Crippen molar-refractivity contribution in [2.24, 2.45) is 11.7 Å². The molecule has 3 heteroatoms. The van der Waals surface area contributed by atoms with E-state index >= 15 is 0 Å². The summed E-state index contributed by atoms with van der Waals surface area (Å²) in [5.41, 5.74) is 8.25. The summed E-state index contributed by atoms with van der Waals surface area (Å²) < 4.78 is 0. The molecule has 0 aromatic heterocycles. The fourth-order valence-electron chi connectivity index (χ4n) is 2.20. The van der Waals surface area contributed by atoms with Gasteiger partial charge >= 0.3 is 0 Å². The van der Waals surface area contributed by atoms with Gasteiger partial charge < -0.3 is 10.6 Å². The van der Waals surface area contributed by atoms with Crippen molar-refractivity contribution in [1.29, 1.82) is 0 Å². The van der Waals surface area contributed by atoms with Gasteiger partial charge in [0.2, 0.25) is 0 Å². The summed E-state index contributed by atoms with van der Waals surface area (Å²) in [6.45, 7) is 6.16. The molecule has 0 heterocycles. The van der Waals surface area contributed by atoms with Crippen LogP contribution in [0.2, 0.25) is 5.02 Å². The van der Waals surface area contributed by atoms with E-state index in [0.717, 1.165) is 11.6 Å². The molecule has 2 nitrogen and oxygen atoms in total. The number of hydrogen-bond donors (Lipinski definition) is 1. The van der Waals surface area contributed by atoms with Crippen LogP contribution in [0.15, 0.2) is 18.2 Å². The highest BCUT2D eigenvalue weighted by atomic mass is 35.5. The first kappa shape index (κ1) is 12.7. The molecule has 0 unspecified atom stereocenters. The van der Waals surface area contributed by atoms with Crippen LogP contribution < -0.4 is 10.6 Å². The smallest absolute Gasteiger partial charge is 0.0429 e. The van der Waals surface area contributed by atoms with Crippen LogP contribution in [0.3, 0.4) is 0 Å². The molecule has 0 amide bonds. The first-order valence-corrected chi connectivity index (χ1v) is 6.74. The van der Waals surface area contributed by atoms with E-state index < -0.39 is 0 Å². The van der Waals surface area contributed by atoms with Gasteiger partial charge in [-0.1, -0.05) is 31.5 Å². The standard InChI is InChI=1S/C14H21ClN2/c1-10(2)9-17(13-5-6-13)14-7-12(15)4-3-11(14)8-16/h3-4,7,10,13H,5-6,8-9,16H2,1-2H3. The Morgan fingerprint density at radius 2 is 2.12 bits per heavy atom. The highest BCUT2D eigenvalue weighted by molar-refractivity contribution is 6.30. The van der Waals surface area contributed by atoms with Gasteiger partial charge in [-0.3, -0.25) is 0 Å². The number of nitrogens with zero attached hydrogens (tertiary/aromatic N) is 1. The van der Waals surface area contributed by atoms with E-state index in [9.17, 15) is 0 Å². The number of nitrogens with two attached hydrogens (primary N) is 1. The van der Waals surface area contributed by atoms with E-state index in [2.05, 4.69) is 24.8 Å². The summed E-state index contributed by atoms with van der Waals surface area (Å²) in [5.74, 6) is 0.653. The lowest BCUT2D eigenvalue weighted by Gasteiger charge is -2.29. The molecule has 2 rings (SSSR count). The van der Waals surface area contributed by atoms with Crippen molar-refractivity contribution in [3.05, 3.63) is 28.8 Å². The molecular formula is C14H21ClN2. The number of halogens is 1. The summed E-state index contributed by atoms with van der Waals surface area (Å²) >= 11 is 6.11. The summed E-state index contributed by atoms with van der Waals surface area (Å²) in [4.78, 5) is 2.48.